The van der Waals surface area contributed by atoms with Gasteiger partial charge in [0.05, 0.1) is 11.5 Å². The lowest BCUT2D eigenvalue weighted by atomic mass is 10.1. The van der Waals surface area contributed by atoms with Gasteiger partial charge in [0, 0.05) is 25.2 Å². The second kappa shape index (κ2) is 5.24. The lowest BCUT2D eigenvalue weighted by molar-refractivity contribution is 0.250. The van der Waals surface area contributed by atoms with Gasteiger partial charge in [-0.25, -0.2) is 8.42 Å². The summed E-state index contributed by atoms with van der Waals surface area (Å²) in [6.45, 7) is 7.38. The number of hydrogen-bond donors (Lipinski definition) is 1. The molecule has 0 aromatic carbocycles. The molecule has 3 atom stereocenters. The van der Waals surface area contributed by atoms with Crippen LogP contribution in [0.5, 0.6) is 0 Å². The van der Waals surface area contributed by atoms with Gasteiger partial charge < -0.3 is 10.2 Å². The van der Waals surface area contributed by atoms with Gasteiger partial charge in [-0.3, -0.25) is 0 Å². The van der Waals surface area contributed by atoms with Crippen molar-refractivity contribution in [3.05, 3.63) is 0 Å². The van der Waals surface area contributed by atoms with Gasteiger partial charge >= 0.3 is 0 Å². The van der Waals surface area contributed by atoms with E-state index in [0.717, 1.165) is 18.9 Å². The number of nitrogens with one attached hydrogen (secondary N) is 1. The average molecular weight is 260 g/mol. The van der Waals surface area contributed by atoms with Gasteiger partial charge in [0.1, 0.15) is 0 Å². The van der Waals surface area contributed by atoms with Gasteiger partial charge in [0.15, 0.2) is 9.84 Å². The number of nitrogens with zero attached hydrogens (tertiary/aromatic N) is 1. The van der Waals surface area contributed by atoms with Crippen LogP contribution in [0.3, 0.4) is 0 Å². The summed E-state index contributed by atoms with van der Waals surface area (Å²) >= 11 is 0. The molecule has 0 aliphatic carbocycles. The molecule has 4 nitrogen and oxygen atoms in total. The average Bonchev–Trinajstić information content (AvgIpc) is 2.53. The minimum Gasteiger partial charge on any atom is -0.312 e. The van der Waals surface area contributed by atoms with Crippen LogP contribution in [0.4, 0.5) is 0 Å². The number of hydrogen-bond acceptors (Lipinski definition) is 4. The van der Waals surface area contributed by atoms with Crippen LogP contribution < -0.4 is 5.32 Å². The third-order valence-corrected chi connectivity index (χ3v) is 5.72. The number of rotatable bonds is 3. The van der Waals surface area contributed by atoms with E-state index in [1.807, 2.05) is 0 Å². The van der Waals surface area contributed by atoms with Crippen molar-refractivity contribution in [2.75, 3.05) is 31.1 Å². The molecule has 0 amide bonds. The molecule has 17 heavy (non-hydrogen) atoms. The summed E-state index contributed by atoms with van der Waals surface area (Å²) in [4.78, 5) is 2.49. The third kappa shape index (κ3) is 3.66. The zero-order valence-electron chi connectivity index (χ0n) is 10.9. The normalized spacial score (nSPS) is 38.4. The minimum absolute atomic E-state index is 0.164. The van der Waals surface area contributed by atoms with Gasteiger partial charge in [-0.15, -0.1) is 0 Å². The van der Waals surface area contributed by atoms with Gasteiger partial charge in [0.25, 0.3) is 0 Å². The highest BCUT2D eigenvalue weighted by Crippen LogP contribution is 2.22. The predicted molar refractivity (Wildman–Crippen MR) is 69.9 cm³/mol. The van der Waals surface area contributed by atoms with Crippen LogP contribution in [0.25, 0.3) is 0 Å². The maximum Gasteiger partial charge on any atom is 0.153 e. The van der Waals surface area contributed by atoms with Gasteiger partial charge in [-0.05, 0) is 32.2 Å². The maximum absolute atomic E-state index is 11.5. The summed E-state index contributed by atoms with van der Waals surface area (Å²) in [5, 5.41) is 3.32. The van der Waals surface area contributed by atoms with E-state index in [1.165, 1.54) is 13.0 Å². The van der Waals surface area contributed by atoms with Crippen LogP contribution in [0.1, 0.15) is 26.7 Å². The van der Waals surface area contributed by atoms with Crippen LogP contribution in [-0.4, -0.2) is 56.5 Å². The first-order valence-corrected chi connectivity index (χ1v) is 8.46. The molecule has 0 aromatic rings. The Balaban J connectivity index is 1.78. The second-order valence-corrected chi connectivity index (χ2v) is 7.97. The molecule has 0 aromatic heterocycles. The lowest BCUT2D eigenvalue weighted by Gasteiger charge is -2.27. The van der Waals surface area contributed by atoms with E-state index >= 15 is 0 Å². The number of sulfone groups is 1. The first kappa shape index (κ1) is 13.3. The van der Waals surface area contributed by atoms with Crippen LogP contribution in [0.15, 0.2) is 0 Å². The van der Waals surface area contributed by atoms with Gasteiger partial charge in [-0.2, -0.15) is 0 Å². The Kier molecular flexibility index (Phi) is 4.10. The van der Waals surface area contributed by atoms with Crippen molar-refractivity contribution in [1.82, 2.24) is 10.2 Å². The molecule has 2 heterocycles. The van der Waals surface area contributed by atoms with Gasteiger partial charge in [-0.1, -0.05) is 6.92 Å². The predicted octanol–water partition coefficient (Wildman–Crippen LogP) is 0.493. The SMILES string of the molecule is CC1CC(C)N(CCC2CS(=O)(=O)CCN2)C1. The fourth-order valence-corrected chi connectivity index (χ4v) is 4.57. The van der Waals surface area contributed by atoms with Crippen molar-refractivity contribution < 1.29 is 8.42 Å². The van der Waals surface area contributed by atoms with E-state index in [0.29, 0.717) is 24.1 Å². The molecule has 3 unspecified atom stereocenters. The topological polar surface area (TPSA) is 49.4 Å². The van der Waals surface area contributed by atoms with Crippen LogP contribution in [-0.2, 0) is 9.84 Å². The highest BCUT2D eigenvalue weighted by atomic mass is 32.2. The Morgan fingerprint density at radius 3 is 2.71 bits per heavy atom. The largest absolute Gasteiger partial charge is 0.312 e. The van der Waals surface area contributed by atoms with E-state index in [9.17, 15) is 8.42 Å². The zero-order valence-corrected chi connectivity index (χ0v) is 11.7. The molecular formula is C12H24N2O2S. The van der Waals surface area contributed by atoms with E-state index in [2.05, 4.69) is 24.1 Å². The van der Waals surface area contributed by atoms with Crippen molar-refractivity contribution in [3.8, 4) is 0 Å². The van der Waals surface area contributed by atoms with E-state index in [-0.39, 0.29) is 6.04 Å². The molecule has 2 aliphatic heterocycles. The lowest BCUT2D eigenvalue weighted by Crippen LogP contribution is -2.46. The minimum atomic E-state index is -2.78. The Morgan fingerprint density at radius 2 is 2.12 bits per heavy atom. The van der Waals surface area contributed by atoms with E-state index in [1.54, 1.807) is 0 Å². The van der Waals surface area contributed by atoms with Crippen molar-refractivity contribution in [1.29, 1.82) is 0 Å². The monoisotopic (exact) mass is 260 g/mol. The standard InChI is InChI=1S/C12H24N2O2S/c1-10-7-11(2)14(8-10)5-3-12-9-17(15,16)6-4-13-12/h10-13H,3-9H2,1-2H3. The quantitative estimate of drug-likeness (QED) is 0.802. The molecule has 0 spiro atoms. The van der Waals surface area contributed by atoms with Crippen molar-refractivity contribution >= 4 is 9.84 Å². The molecule has 0 radical (unpaired) electrons. The molecule has 2 fully saturated rings. The first-order chi connectivity index (χ1) is 7.96. The first-order valence-electron chi connectivity index (χ1n) is 6.64. The summed E-state index contributed by atoms with van der Waals surface area (Å²) in [7, 11) is -2.78. The fourth-order valence-electron chi connectivity index (χ4n) is 3.07. The molecule has 5 heteroatoms. The van der Waals surface area contributed by atoms with Crippen molar-refractivity contribution in [3.63, 3.8) is 0 Å². The highest BCUT2D eigenvalue weighted by molar-refractivity contribution is 7.91. The second-order valence-electron chi connectivity index (χ2n) is 5.74. The Hall–Kier alpha value is -0.130. The van der Waals surface area contributed by atoms with Crippen LogP contribution >= 0.6 is 0 Å². The highest BCUT2D eigenvalue weighted by Gasteiger charge is 2.28. The summed E-state index contributed by atoms with van der Waals surface area (Å²) in [6.07, 6.45) is 2.23. The van der Waals surface area contributed by atoms with Crippen molar-refractivity contribution in [2.45, 2.75) is 38.8 Å². The molecule has 2 rings (SSSR count). The Bertz CT molecular complexity index is 356. The molecule has 0 saturated carbocycles. The molecular weight excluding hydrogens is 236 g/mol. The third-order valence-electron chi connectivity index (χ3n) is 3.98. The summed E-state index contributed by atoms with van der Waals surface area (Å²) < 4.78 is 23.0. The maximum atomic E-state index is 11.5. The van der Waals surface area contributed by atoms with Gasteiger partial charge in [0.2, 0.25) is 0 Å². The fraction of sp³-hybridized carbons (Fsp3) is 1.00. The molecule has 100 valence electrons. The van der Waals surface area contributed by atoms with E-state index in [4.69, 9.17) is 0 Å². The van der Waals surface area contributed by atoms with Crippen LogP contribution in [0, 0.1) is 5.92 Å². The van der Waals surface area contributed by atoms with Crippen molar-refractivity contribution in [2.24, 2.45) is 5.92 Å². The van der Waals surface area contributed by atoms with E-state index < -0.39 is 9.84 Å². The number of likely N-dealkylation sites (tertiary alicyclic amines) is 1. The Labute approximate surface area is 105 Å². The molecule has 2 saturated heterocycles. The Morgan fingerprint density at radius 1 is 1.35 bits per heavy atom. The summed E-state index contributed by atoms with van der Waals surface area (Å²) in [6, 6.07) is 0.821. The molecule has 1 N–H and O–H groups in total. The smallest absolute Gasteiger partial charge is 0.153 e. The summed E-state index contributed by atoms with van der Waals surface area (Å²) in [5.41, 5.74) is 0. The van der Waals surface area contributed by atoms with Crippen LogP contribution in [0.2, 0.25) is 0 Å². The molecule has 0 bridgehead atoms. The zero-order chi connectivity index (χ0) is 12.5. The summed E-state index contributed by atoms with van der Waals surface area (Å²) in [5.74, 6) is 1.42. The molecule has 2 aliphatic rings.